The van der Waals surface area contributed by atoms with Gasteiger partial charge in [0.05, 0.1) is 11.0 Å². The van der Waals surface area contributed by atoms with Gasteiger partial charge in [0.25, 0.3) is 5.69 Å². The minimum Gasteiger partial charge on any atom is -0.319 e. The molecule has 1 aliphatic rings. The minimum absolute atomic E-state index is 0.0895. The summed E-state index contributed by atoms with van der Waals surface area (Å²) in [6.45, 7) is 5.11. The lowest BCUT2D eigenvalue weighted by Gasteiger charge is -2.31. The summed E-state index contributed by atoms with van der Waals surface area (Å²) < 4.78 is 0. The van der Waals surface area contributed by atoms with E-state index in [1.807, 2.05) is 6.92 Å². The lowest BCUT2D eigenvalue weighted by atomic mass is 10.2. The number of para-hydroxylation sites is 2. The molecule has 1 aromatic rings. The average molecular weight is 278 g/mol. The van der Waals surface area contributed by atoms with Crippen LogP contribution in [0.4, 0.5) is 11.4 Å². The number of benzene rings is 1. The number of hydrogen-bond donors (Lipinski definition) is 2. The molecular formula is C13H18N4O3. The number of nitro groups is 1. The average Bonchev–Trinajstić information content (AvgIpc) is 2.47. The highest BCUT2D eigenvalue weighted by atomic mass is 16.6. The Labute approximate surface area is 117 Å². The van der Waals surface area contributed by atoms with Crippen LogP contribution in [0.15, 0.2) is 24.3 Å². The predicted molar refractivity (Wildman–Crippen MR) is 75.6 cm³/mol. The van der Waals surface area contributed by atoms with Crippen LogP contribution in [0.3, 0.4) is 0 Å². The highest BCUT2D eigenvalue weighted by molar-refractivity contribution is 5.96. The van der Waals surface area contributed by atoms with Crippen molar-refractivity contribution in [2.45, 2.75) is 13.0 Å². The third kappa shape index (κ3) is 3.31. The fourth-order valence-corrected chi connectivity index (χ4v) is 2.21. The van der Waals surface area contributed by atoms with Crippen LogP contribution in [-0.2, 0) is 4.79 Å². The number of carbonyl (C=O) groups is 1. The van der Waals surface area contributed by atoms with E-state index in [4.69, 9.17) is 0 Å². The van der Waals surface area contributed by atoms with Crippen molar-refractivity contribution in [2.24, 2.45) is 0 Å². The number of nitrogens with one attached hydrogen (secondary N) is 2. The molecular weight excluding hydrogens is 260 g/mol. The van der Waals surface area contributed by atoms with E-state index < -0.39 is 4.92 Å². The lowest BCUT2D eigenvalue weighted by Crippen LogP contribution is -2.51. The third-order valence-electron chi connectivity index (χ3n) is 3.44. The topological polar surface area (TPSA) is 87.5 Å². The van der Waals surface area contributed by atoms with Crippen LogP contribution >= 0.6 is 0 Å². The van der Waals surface area contributed by atoms with E-state index in [1.54, 1.807) is 18.2 Å². The highest BCUT2D eigenvalue weighted by Gasteiger charge is 2.24. The second-order valence-electron chi connectivity index (χ2n) is 4.73. The fourth-order valence-electron chi connectivity index (χ4n) is 2.21. The van der Waals surface area contributed by atoms with E-state index in [0.29, 0.717) is 0 Å². The van der Waals surface area contributed by atoms with Gasteiger partial charge in [-0.3, -0.25) is 19.8 Å². The molecule has 0 saturated carbocycles. The van der Waals surface area contributed by atoms with Crippen LogP contribution in [0.1, 0.15) is 6.92 Å². The molecule has 0 aliphatic carbocycles. The maximum absolute atomic E-state index is 12.2. The first kappa shape index (κ1) is 14.4. The van der Waals surface area contributed by atoms with Gasteiger partial charge in [-0.2, -0.15) is 0 Å². The van der Waals surface area contributed by atoms with Crippen molar-refractivity contribution in [3.63, 3.8) is 0 Å². The molecule has 7 heteroatoms. The second kappa shape index (κ2) is 6.44. The molecule has 1 amide bonds. The minimum atomic E-state index is -0.495. The summed E-state index contributed by atoms with van der Waals surface area (Å²) in [5.41, 5.74) is 0.151. The molecule has 7 nitrogen and oxygen atoms in total. The van der Waals surface area contributed by atoms with Crippen LogP contribution in [0.2, 0.25) is 0 Å². The third-order valence-corrected chi connectivity index (χ3v) is 3.44. The second-order valence-corrected chi connectivity index (χ2v) is 4.73. The summed E-state index contributed by atoms with van der Waals surface area (Å²) in [6, 6.07) is 5.86. The number of nitrogens with zero attached hydrogens (tertiary/aromatic N) is 2. The van der Waals surface area contributed by atoms with Crippen molar-refractivity contribution in [3.8, 4) is 0 Å². The van der Waals surface area contributed by atoms with Gasteiger partial charge in [-0.05, 0) is 13.0 Å². The van der Waals surface area contributed by atoms with Crippen LogP contribution in [-0.4, -0.2) is 48.0 Å². The lowest BCUT2D eigenvalue weighted by molar-refractivity contribution is -0.383. The molecule has 0 radical (unpaired) electrons. The van der Waals surface area contributed by atoms with Crippen LogP contribution in [0.25, 0.3) is 0 Å². The zero-order valence-corrected chi connectivity index (χ0v) is 11.3. The van der Waals surface area contributed by atoms with Crippen LogP contribution < -0.4 is 10.6 Å². The molecule has 1 unspecified atom stereocenters. The van der Waals surface area contributed by atoms with Crippen molar-refractivity contribution in [1.82, 2.24) is 10.2 Å². The Hall–Kier alpha value is -1.99. The van der Waals surface area contributed by atoms with Crippen molar-refractivity contribution >= 4 is 17.3 Å². The number of hydrogen-bond acceptors (Lipinski definition) is 5. The Kier molecular flexibility index (Phi) is 4.65. The predicted octanol–water partition coefficient (Wildman–Crippen LogP) is 0.827. The molecule has 2 rings (SSSR count). The summed E-state index contributed by atoms with van der Waals surface area (Å²) in [7, 11) is 0. The van der Waals surface area contributed by atoms with Gasteiger partial charge in [0.1, 0.15) is 5.69 Å². The van der Waals surface area contributed by atoms with Gasteiger partial charge in [-0.1, -0.05) is 12.1 Å². The number of anilines is 1. The van der Waals surface area contributed by atoms with Crippen molar-refractivity contribution in [1.29, 1.82) is 0 Å². The maximum Gasteiger partial charge on any atom is 0.292 e. The zero-order valence-electron chi connectivity index (χ0n) is 11.3. The summed E-state index contributed by atoms with van der Waals surface area (Å²) in [4.78, 5) is 24.7. The van der Waals surface area contributed by atoms with Crippen molar-refractivity contribution in [3.05, 3.63) is 34.4 Å². The van der Waals surface area contributed by atoms with Crippen LogP contribution in [0.5, 0.6) is 0 Å². The van der Waals surface area contributed by atoms with Gasteiger partial charge in [0, 0.05) is 32.2 Å². The SMILES string of the molecule is CC(C(=O)Nc1ccccc1[N+](=O)[O-])N1CCNCC1. The van der Waals surface area contributed by atoms with E-state index >= 15 is 0 Å². The molecule has 1 heterocycles. The Bertz CT molecular complexity index is 500. The number of carbonyl (C=O) groups excluding carboxylic acids is 1. The molecule has 2 N–H and O–H groups in total. The number of rotatable bonds is 4. The number of amides is 1. The Morgan fingerprint density at radius 1 is 1.40 bits per heavy atom. The maximum atomic E-state index is 12.2. The first-order valence-corrected chi connectivity index (χ1v) is 6.58. The summed E-state index contributed by atoms with van der Waals surface area (Å²) >= 11 is 0. The zero-order chi connectivity index (χ0) is 14.5. The van der Waals surface area contributed by atoms with Crippen LogP contribution in [0, 0.1) is 10.1 Å². The fraction of sp³-hybridized carbons (Fsp3) is 0.462. The van der Waals surface area contributed by atoms with Gasteiger partial charge in [0.15, 0.2) is 0 Å². The first-order valence-electron chi connectivity index (χ1n) is 6.58. The van der Waals surface area contributed by atoms with E-state index in [0.717, 1.165) is 26.2 Å². The van der Waals surface area contributed by atoms with E-state index in [9.17, 15) is 14.9 Å². The standard InChI is InChI=1S/C13H18N4O3/c1-10(16-8-6-14-7-9-16)13(18)15-11-4-2-3-5-12(11)17(19)20/h2-5,10,14H,6-9H2,1H3,(H,15,18). The number of piperazine rings is 1. The largest absolute Gasteiger partial charge is 0.319 e. The summed E-state index contributed by atoms with van der Waals surface area (Å²) in [6.07, 6.45) is 0. The molecule has 1 fully saturated rings. The molecule has 0 aromatic heterocycles. The first-order chi connectivity index (χ1) is 9.59. The van der Waals surface area contributed by atoms with Crippen molar-refractivity contribution in [2.75, 3.05) is 31.5 Å². The summed E-state index contributed by atoms with van der Waals surface area (Å²) in [5.74, 6) is -0.221. The molecule has 1 aromatic carbocycles. The quantitative estimate of drug-likeness (QED) is 0.629. The molecule has 0 bridgehead atoms. The Morgan fingerprint density at radius 3 is 2.70 bits per heavy atom. The molecule has 20 heavy (non-hydrogen) atoms. The van der Waals surface area contributed by atoms with E-state index in [1.165, 1.54) is 6.07 Å². The van der Waals surface area contributed by atoms with Gasteiger partial charge in [0.2, 0.25) is 5.91 Å². The molecule has 0 spiro atoms. The molecule has 1 saturated heterocycles. The summed E-state index contributed by atoms with van der Waals surface area (Å²) in [5, 5.41) is 16.8. The Morgan fingerprint density at radius 2 is 2.05 bits per heavy atom. The Balaban J connectivity index is 2.05. The normalized spacial score (nSPS) is 17.4. The van der Waals surface area contributed by atoms with E-state index in [-0.39, 0.29) is 23.3 Å². The molecule has 108 valence electrons. The van der Waals surface area contributed by atoms with Gasteiger partial charge >= 0.3 is 0 Å². The van der Waals surface area contributed by atoms with Gasteiger partial charge in [-0.15, -0.1) is 0 Å². The molecule has 1 aliphatic heterocycles. The monoisotopic (exact) mass is 278 g/mol. The smallest absolute Gasteiger partial charge is 0.292 e. The highest BCUT2D eigenvalue weighted by Crippen LogP contribution is 2.23. The van der Waals surface area contributed by atoms with E-state index in [2.05, 4.69) is 15.5 Å². The van der Waals surface area contributed by atoms with Crippen molar-refractivity contribution < 1.29 is 9.72 Å². The van der Waals surface area contributed by atoms with Gasteiger partial charge in [-0.25, -0.2) is 0 Å². The number of nitro benzene ring substituents is 1. The molecule has 1 atom stereocenters. The van der Waals surface area contributed by atoms with Gasteiger partial charge < -0.3 is 10.6 Å².